The van der Waals surface area contributed by atoms with Gasteiger partial charge in [0.2, 0.25) is 0 Å². The van der Waals surface area contributed by atoms with Crippen LogP contribution in [0.25, 0.3) is 0 Å². The van der Waals surface area contributed by atoms with Crippen LogP contribution in [0.15, 0.2) is 24.3 Å². The van der Waals surface area contributed by atoms with E-state index in [-0.39, 0.29) is 5.91 Å². The zero-order valence-corrected chi connectivity index (χ0v) is 13.7. The number of carbonyl (C=O) groups excluding carboxylic acids is 1. The maximum Gasteiger partial charge on any atom is 0.253 e. The van der Waals surface area contributed by atoms with Crippen molar-refractivity contribution in [1.82, 2.24) is 9.80 Å². The summed E-state index contributed by atoms with van der Waals surface area (Å²) in [7, 11) is 3.84. The monoisotopic (exact) mass is 302 g/mol. The van der Waals surface area contributed by atoms with Gasteiger partial charge in [-0.3, -0.25) is 4.79 Å². The fourth-order valence-electron chi connectivity index (χ4n) is 3.69. The van der Waals surface area contributed by atoms with Crippen LogP contribution in [-0.2, 0) is 0 Å². The number of piperidine rings is 2. The number of hydrogen-bond donors (Lipinski definition) is 0. The summed E-state index contributed by atoms with van der Waals surface area (Å²) >= 11 is 0. The number of amides is 1. The molecule has 4 heteroatoms. The Hall–Kier alpha value is -1.55. The van der Waals surface area contributed by atoms with Crippen molar-refractivity contribution in [2.45, 2.75) is 25.7 Å². The van der Waals surface area contributed by atoms with E-state index in [1.54, 1.807) is 7.11 Å². The van der Waals surface area contributed by atoms with Gasteiger partial charge in [0, 0.05) is 18.7 Å². The Balaban J connectivity index is 1.59. The zero-order chi connectivity index (χ0) is 15.6. The minimum absolute atomic E-state index is 0.158. The molecule has 0 radical (unpaired) electrons. The molecule has 0 N–H and O–H groups in total. The lowest BCUT2D eigenvalue weighted by Gasteiger charge is -2.46. The molecular formula is C18H26N2O2. The quantitative estimate of drug-likeness (QED) is 0.842. The van der Waals surface area contributed by atoms with Gasteiger partial charge in [0.05, 0.1) is 7.11 Å². The van der Waals surface area contributed by atoms with Crippen molar-refractivity contribution < 1.29 is 9.53 Å². The number of rotatable bonds is 2. The molecule has 1 spiro atoms. The Labute approximate surface area is 133 Å². The SMILES string of the molecule is COc1ccc(C(=O)N2CCC3(CCN(C)CC3)CC2)cc1. The van der Waals surface area contributed by atoms with Gasteiger partial charge in [0.1, 0.15) is 5.75 Å². The summed E-state index contributed by atoms with van der Waals surface area (Å²) in [4.78, 5) is 17.0. The highest BCUT2D eigenvalue weighted by molar-refractivity contribution is 5.94. The lowest BCUT2D eigenvalue weighted by molar-refractivity contribution is 0.0352. The third-order valence-electron chi connectivity index (χ3n) is 5.50. The highest BCUT2D eigenvalue weighted by Crippen LogP contribution is 2.41. The van der Waals surface area contributed by atoms with Crippen molar-refractivity contribution in [2.24, 2.45) is 5.41 Å². The second kappa shape index (κ2) is 6.29. The molecule has 2 aliphatic rings. The van der Waals surface area contributed by atoms with Crippen molar-refractivity contribution >= 4 is 5.91 Å². The molecule has 1 aromatic carbocycles. The largest absolute Gasteiger partial charge is 0.497 e. The number of hydrogen-bond acceptors (Lipinski definition) is 3. The maximum atomic E-state index is 12.6. The molecule has 0 aromatic heterocycles. The number of ether oxygens (including phenoxy) is 1. The molecule has 120 valence electrons. The fourth-order valence-corrected chi connectivity index (χ4v) is 3.69. The molecule has 1 aromatic rings. The zero-order valence-electron chi connectivity index (χ0n) is 13.7. The van der Waals surface area contributed by atoms with E-state index >= 15 is 0 Å². The van der Waals surface area contributed by atoms with Crippen LogP contribution in [0.1, 0.15) is 36.0 Å². The molecule has 1 amide bonds. The summed E-state index contributed by atoms with van der Waals surface area (Å²) in [6.07, 6.45) is 4.88. The van der Waals surface area contributed by atoms with E-state index in [2.05, 4.69) is 11.9 Å². The molecule has 0 unspecified atom stereocenters. The van der Waals surface area contributed by atoms with Gasteiger partial charge < -0.3 is 14.5 Å². The first-order valence-electron chi connectivity index (χ1n) is 8.24. The average Bonchev–Trinajstić information content (AvgIpc) is 2.58. The first-order chi connectivity index (χ1) is 10.6. The van der Waals surface area contributed by atoms with Gasteiger partial charge in [-0.1, -0.05) is 0 Å². The molecule has 2 saturated heterocycles. The van der Waals surface area contributed by atoms with E-state index in [1.165, 1.54) is 25.9 Å². The van der Waals surface area contributed by atoms with Crippen LogP contribution < -0.4 is 4.74 Å². The third kappa shape index (κ3) is 3.12. The minimum atomic E-state index is 0.158. The summed E-state index contributed by atoms with van der Waals surface area (Å²) in [5.74, 6) is 0.950. The van der Waals surface area contributed by atoms with E-state index in [4.69, 9.17) is 4.74 Å². The lowest BCUT2D eigenvalue weighted by atomic mass is 9.71. The normalized spacial score (nSPS) is 21.8. The standard InChI is InChI=1S/C18H26N2O2/c1-19-11-7-18(8-12-19)9-13-20(14-10-18)17(21)15-3-5-16(22-2)6-4-15/h3-6H,7-14H2,1-2H3. The summed E-state index contributed by atoms with van der Waals surface area (Å²) in [5, 5.41) is 0. The smallest absolute Gasteiger partial charge is 0.253 e. The maximum absolute atomic E-state index is 12.6. The Morgan fingerprint density at radius 1 is 1.00 bits per heavy atom. The lowest BCUT2D eigenvalue weighted by Crippen LogP contribution is -2.47. The Morgan fingerprint density at radius 3 is 2.09 bits per heavy atom. The van der Waals surface area contributed by atoms with Gasteiger partial charge >= 0.3 is 0 Å². The molecule has 2 aliphatic heterocycles. The van der Waals surface area contributed by atoms with E-state index in [0.717, 1.165) is 37.2 Å². The molecule has 2 fully saturated rings. The molecular weight excluding hydrogens is 276 g/mol. The molecule has 0 atom stereocenters. The number of methoxy groups -OCH3 is 1. The van der Waals surface area contributed by atoms with Crippen molar-refractivity contribution in [3.8, 4) is 5.75 Å². The number of nitrogens with zero attached hydrogens (tertiary/aromatic N) is 2. The van der Waals surface area contributed by atoms with Gasteiger partial charge in [-0.15, -0.1) is 0 Å². The molecule has 3 rings (SSSR count). The molecule has 0 bridgehead atoms. The van der Waals surface area contributed by atoms with Crippen molar-refractivity contribution in [3.63, 3.8) is 0 Å². The van der Waals surface area contributed by atoms with E-state index in [1.807, 2.05) is 29.2 Å². The van der Waals surface area contributed by atoms with Crippen LogP contribution in [-0.4, -0.2) is 56.0 Å². The second-order valence-electron chi connectivity index (χ2n) is 6.82. The van der Waals surface area contributed by atoms with Crippen LogP contribution in [0.3, 0.4) is 0 Å². The fraction of sp³-hybridized carbons (Fsp3) is 0.611. The molecule has 4 nitrogen and oxygen atoms in total. The van der Waals surface area contributed by atoms with Gasteiger partial charge in [0.15, 0.2) is 0 Å². The number of likely N-dealkylation sites (tertiary alicyclic amines) is 2. The van der Waals surface area contributed by atoms with Crippen molar-refractivity contribution in [1.29, 1.82) is 0 Å². The molecule has 22 heavy (non-hydrogen) atoms. The van der Waals surface area contributed by atoms with E-state index < -0.39 is 0 Å². The third-order valence-corrected chi connectivity index (χ3v) is 5.50. The van der Waals surface area contributed by atoms with Crippen molar-refractivity contribution in [2.75, 3.05) is 40.3 Å². The molecule has 0 saturated carbocycles. The van der Waals surface area contributed by atoms with Gasteiger partial charge in [0.25, 0.3) is 5.91 Å². The first-order valence-corrected chi connectivity index (χ1v) is 8.24. The minimum Gasteiger partial charge on any atom is -0.497 e. The van der Waals surface area contributed by atoms with Gasteiger partial charge in [-0.2, -0.15) is 0 Å². The van der Waals surface area contributed by atoms with Crippen LogP contribution in [0, 0.1) is 5.41 Å². The van der Waals surface area contributed by atoms with Crippen LogP contribution >= 0.6 is 0 Å². The van der Waals surface area contributed by atoms with Crippen molar-refractivity contribution in [3.05, 3.63) is 29.8 Å². The first kappa shape index (κ1) is 15.3. The highest BCUT2D eigenvalue weighted by Gasteiger charge is 2.37. The van der Waals surface area contributed by atoms with Crippen LogP contribution in [0.4, 0.5) is 0 Å². The predicted octanol–water partition coefficient (Wildman–Crippen LogP) is 2.64. The number of benzene rings is 1. The van der Waals surface area contributed by atoms with E-state index in [0.29, 0.717) is 5.41 Å². The summed E-state index contributed by atoms with van der Waals surface area (Å²) in [6.45, 7) is 4.20. The Kier molecular flexibility index (Phi) is 4.39. The predicted molar refractivity (Wildman–Crippen MR) is 87.3 cm³/mol. The Bertz CT molecular complexity index is 508. The van der Waals surface area contributed by atoms with E-state index in [9.17, 15) is 4.79 Å². The van der Waals surface area contributed by atoms with Gasteiger partial charge in [-0.25, -0.2) is 0 Å². The molecule has 0 aliphatic carbocycles. The highest BCUT2D eigenvalue weighted by atomic mass is 16.5. The average molecular weight is 302 g/mol. The number of carbonyl (C=O) groups is 1. The van der Waals surface area contributed by atoms with Crippen LogP contribution in [0.5, 0.6) is 5.75 Å². The second-order valence-corrected chi connectivity index (χ2v) is 6.82. The summed E-state index contributed by atoms with van der Waals surface area (Å²) in [5.41, 5.74) is 1.25. The summed E-state index contributed by atoms with van der Waals surface area (Å²) in [6, 6.07) is 7.44. The summed E-state index contributed by atoms with van der Waals surface area (Å²) < 4.78 is 5.15. The Morgan fingerprint density at radius 2 is 1.55 bits per heavy atom. The topological polar surface area (TPSA) is 32.8 Å². The van der Waals surface area contributed by atoms with Gasteiger partial charge in [-0.05, 0) is 75.5 Å². The molecule has 2 heterocycles. The van der Waals surface area contributed by atoms with Crippen LogP contribution in [0.2, 0.25) is 0 Å².